The fourth-order valence-corrected chi connectivity index (χ4v) is 6.67. The summed E-state index contributed by atoms with van der Waals surface area (Å²) in [7, 11) is -3.72. The smallest absolute Gasteiger partial charge is 0.257 e. The first kappa shape index (κ1) is 26.7. The van der Waals surface area contributed by atoms with Crippen LogP contribution >= 0.6 is 11.6 Å². The predicted octanol–water partition coefficient (Wildman–Crippen LogP) is 5.24. The first-order valence-electron chi connectivity index (χ1n) is 13.6. The fraction of sp³-hybridized carbons (Fsp3) is 0.300. The van der Waals surface area contributed by atoms with E-state index in [-0.39, 0.29) is 5.75 Å². The zero-order chi connectivity index (χ0) is 27.5. The molecule has 5 aromatic rings. The molecule has 10 heteroatoms. The highest BCUT2D eigenvalue weighted by atomic mass is 35.5. The van der Waals surface area contributed by atoms with E-state index >= 15 is 0 Å². The van der Waals surface area contributed by atoms with Gasteiger partial charge in [-0.25, -0.2) is 17.9 Å². The molecule has 0 atom stereocenters. The van der Waals surface area contributed by atoms with Gasteiger partial charge in [0.05, 0.1) is 23.8 Å². The van der Waals surface area contributed by atoms with Gasteiger partial charge in [0.25, 0.3) is 10.0 Å². The highest BCUT2D eigenvalue weighted by Crippen LogP contribution is 2.22. The number of halogens is 1. The fourth-order valence-electron chi connectivity index (χ4n) is 5.26. The Hall–Kier alpha value is -3.53. The monoisotopic (exact) mass is 574 g/mol. The Morgan fingerprint density at radius 2 is 1.68 bits per heavy atom. The molecule has 0 aliphatic carbocycles. The third-order valence-corrected chi connectivity index (χ3v) is 9.01. The average Bonchev–Trinajstić information content (AvgIpc) is 3.70. The van der Waals surface area contributed by atoms with Gasteiger partial charge in [0.2, 0.25) is 0 Å². The zero-order valence-electron chi connectivity index (χ0n) is 22.2. The first-order valence-corrected chi connectivity index (χ1v) is 15.6. The van der Waals surface area contributed by atoms with Crippen LogP contribution < -0.4 is 0 Å². The number of benzene rings is 2. The summed E-state index contributed by atoms with van der Waals surface area (Å²) in [5, 5.41) is 9.39. The number of aryl methyl sites for hydroxylation is 1. The van der Waals surface area contributed by atoms with E-state index in [0.29, 0.717) is 39.7 Å². The molecule has 0 radical (unpaired) electrons. The predicted molar refractivity (Wildman–Crippen MR) is 157 cm³/mol. The Morgan fingerprint density at radius 1 is 0.900 bits per heavy atom. The molecule has 8 nitrogen and oxygen atoms in total. The molecule has 1 saturated heterocycles. The third kappa shape index (κ3) is 6.11. The molecule has 6 rings (SSSR count). The van der Waals surface area contributed by atoms with E-state index in [9.17, 15) is 8.42 Å². The van der Waals surface area contributed by atoms with Crippen LogP contribution in [0.4, 0.5) is 0 Å². The Labute approximate surface area is 239 Å². The number of hydrogen-bond donors (Lipinski definition) is 0. The Bertz CT molecular complexity index is 1720. The highest BCUT2D eigenvalue weighted by molar-refractivity contribution is 7.89. The molecule has 0 bridgehead atoms. The van der Waals surface area contributed by atoms with Crippen LogP contribution in [0.5, 0.6) is 0 Å². The lowest BCUT2D eigenvalue weighted by Gasteiger charge is -2.13. The highest BCUT2D eigenvalue weighted by Gasteiger charge is 2.18. The lowest BCUT2D eigenvalue weighted by atomic mass is 10.1. The third-order valence-electron chi connectivity index (χ3n) is 7.31. The summed E-state index contributed by atoms with van der Waals surface area (Å²) in [4.78, 5) is 7.28. The van der Waals surface area contributed by atoms with Crippen molar-refractivity contribution in [3.8, 4) is 11.3 Å². The molecule has 1 aliphatic heterocycles. The summed E-state index contributed by atoms with van der Waals surface area (Å²) in [6.07, 6.45) is 8.62. The van der Waals surface area contributed by atoms with Crippen molar-refractivity contribution < 1.29 is 8.42 Å². The Balaban J connectivity index is 1.15. The molecule has 2 aromatic carbocycles. The molecule has 0 unspecified atom stereocenters. The van der Waals surface area contributed by atoms with E-state index < -0.39 is 10.0 Å². The van der Waals surface area contributed by atoms with Crippen molar-refractivity contribution in [3.05, 3.63) is 107 Å². The van der Waals surface area contributed by atoms with Gasteiger partial charge in [0.1, 0.15) is 0 Å². The second-order valence-electron chi connectivity index (χ2n) is 10.3. The zero-order valence-corrected chi connectivity index (χ0v) is 23.7. The second kappa shape index (κ2) is 11.5. The number of likely N-dealkylation sites (tertiary alicyclic amines) is 1. The quantitative estimate of drug-likeness (QED) is 0.227. The van der Waals surface area contributed by atoms with Gasteiger partial charge in [0.15, 0.2) is 11.5 Å². The molecule has 0 amide bonds. The average molecular weight is 575 g/mol. The van der Waals surface area contributed by atoms with Crippen molar-refractivity contribution in [2.75, 3.05) is 19.6 Å². The van der Waals surface area contributed by atoms with Gasteiger partial charge < -0.3 is 4.90 Å². The van der Waals surface area contributed by atoms with E-state index in [4.69, 9.17) is 21.7 Å². The van der Waals surface area contributed by atoms with Gasteiger partial charge in [-0.15, -0.1) is 0 Å². The lowest BCUT2D eigenvalue weighted by molar-refractivity contribution is 0.334. The largest absolute Gasteiger partial charge is 0.303 e. The maximum absolute atomic E-state index is 13.0. The molecular weight excluding hydrogens is 544 g/mol. The number of rotatable bonds is 10. The van der Waals surface area contributed by atoms with E-state index in [0.717, 1.165) is 16.1 Å². The van der Waals surface area contributed by atoms with Crippen molar-refractivity contribution in [1.82, 2.24) is 28.7 Å². The van der Waals surface area contributed by atoms with Crippen molar-refractivity contribution in [3.63, 3.8) is 0 Å². The molecule has 206 valence electrons. The van der Waals surface area contributed by atoms with Crippen LogP contribution in [0.2, 0.25) is 5.02 Å². The Kier molecular flexibility index (Phi) is 7.69. The molecule has 1 aliphatic rings. The van der Waals surface area contributed by atoms with Gasteiger partial charge in [0, 0.05) is 17.0 Å². The van der Waals surface area contributed by atoms with Crippen LogP contribution in [-0.2, 0) is 28.6 Å². The van der Waals surface area contributed by atoms with Gasteiger partial charge >= 0.3 is 0 Å². The summed E-state index contributed by atoms with van der Waals surface area (Å²) < 4.78 is 28.7. The first-order chi connectivity index (χ1) is 19.4. The standard InChI is InChI=1S/C30H31ClN6O2S/c31-27-8-3-6-25(18-27)22-40(38,39)36-21-26(20-32-36)28-9-4-10-30-33-29(34-37(28)30)19-24-13-11-23(12-14-24)7-5-17-35-15-1-2-16-35/h3-4,6,8-14,18,20-21H,1-2,5,7,15-17,19,22H2. The molecule has 0 N–H and O–H groups in total. The number of pyridine rings is 1. The van der Waals surface area contributed by atoms with Crippen molar-refractivity contribution in [2.45, 2.75) is 37.9 Å². The van der Waals surface area contributed by atoms with Crippen molar-refractivity contribution in [1.29, 1.82) is 0 Å². The maximum Gasteiger partial charge on any atom is 0.257 e. The van der Waals surface area contributed by atoms with Crippen LogP contribution in [0.1, 0.15) is 41.8 Å². The summed E-state index contributed by atoms with van der Waals surface area (Å²) in [5.74, 6) is 0.499. The van der Waals surface area contributed by atoms with Gasteiger partial charge in [-0.05, 0) is 86.3 Å². The van der Waals surface area contributed by atoms with E-state index in [1.807, 2.05) is 18.2 Å². The summed E-state index contributed by atoms with van der Waals surface area (Å²) >= 11 is 6.02. The summed E-state index contributed by atoms with van der Waals surface area (Å²) in [6.45, 7) is 3.68. The number of hydrogen-bond acceptors (Lipinski definition) is 6. The van der Waals surface area contributed by atoms with Crippen molar-refractivity contribution in [2.24, 2.45) is 0 Å². The van der Waals surface area contributed by atoms with E-state index in [2.05, 4.69) is 34.3 Å². The van der Waals surface area contributed by atoms with Gasteiger partial charge in [-0.3, -0.25) is 0 Å². The van der Waals surface area contributed by atoms with Gasteiger partial charge in [-0.1, -0.05) is 54.1 Å². The SMILES string of the molecule is O=S(=O)(Cc1cccc(Cl)c1)n1cc(-c2cccc3nc(Cc4ccc(CCCN5CCCC5)cc4)nn23)cn1. The maximum atomic E-state index is 13.0. The molecule has 0 saturated carbocycles. The minimum Gasteiger partial charge on any atom is -0.303 e. The summed E-state index contributed by atoms with van der Waals surface area (Å²) in [5.41, 5.74) is 5.16. The molecule has 3 aromatic heterocycles. The van der Waals surface area contributed by atoms with Crippen LogP contribution in [0.15, 0.2) is 79.1 Å². The summed E-state index contributed by atoms with van der Waals surface area (Å²) in [6, 6.07) is 21.2. The normalized spacial score (nSPS) is 14.3. The second-order valence-corrected chi connectivity index (χ2v) is 12.6. The number of fused-ring (bicyclic) bond motifs is 1. The van der Waals surface area contributed by atoms with Crippen LogP contribution in [-0.4, -0.2) is 56.7 Å². The minimum atomic E-state index is -3.72. The van der Waals surface area contributed by atoms with E-state index in [1.54, 1.807) is 28.8 Å². The number of nitrogens with zero attached hydrogens (tertiary/aromatic N) is 6. The van der Waals surface area contributed by atoms with Crippen LogP contribution in [0, 0.1) is 0 Å². The molecular formula is C30H31ClN6O2S. The molecule has 1 fully saturated rings. The van der Waals surface area contributed by atoms with Gasteiger partial charge in [-0.2, -0.15) is 14.3 Å². The van der Waals surface area contributed by atoms with Crippen molar-refractivity contribution >= 4 is 27.3 Å². The van der Waals surface area contributed by atoms with Crippen LogP contribution in [0.25, 0.3) is 16.9 Å². The topological polar surface area (TPSA) is 85.4 Å². The minimum absolute atomic E-state index is 0.205. The molecule has 40 heavy (non-hydrogen) atoms. The molecule has 0 spiro atoms. The van der Waals surface area contributed by atoms with Crippen LogP contribution in [0.3, 0.4) is 0 Å². The number of aromatic nitrogens is 5. The molecule has 4 heterocycles. The van der Waals surface area contributed by atoms with E-state index in [1.165, 1.54) is 56.9 Å². The Morgan fingerprint density at radius 3 is 2.48 bits per heavy atom. The lowest BCUT2D eigenvalue weighted by Crippen LogP contribution is -2.20.